The number of aliphatic imine (C=N–C) groups is 1. The number of nitrogens with zero attached hydrogens (tertiary/aromatic N) is 2. The number of benzene rings is 1. The fourth-order valence-corrected chi connectivity index (χ4v) is 2.98. The topological polar surface area (TPSA) is 78.4 Å². The first-order valence-electron chi connectivity index (χ1n) is 7.58. The van der Waals surface area contributed by atoms with Gasteiger partial charge in [0.25, 0.3) is 5.91 Å². The van der Waals surface area contributed by atoms with Gasteiger partial charge in [-0.25, -0.2) is 4.98 Å². The van der Waals surface area contributed by atoms with Crippen molar-refractivity contribution in [2.45, 2.75) is 13.5 Å². The van der Waals surface area contributed by atoms with Gasteiger partial charge in [-0.1, -0.05) is 23.2 Å². The molecule has 10 heteroatoms. The summed E-state index contributed by atoms with van der Waals surface area (Å²) in [5.41, 5.74) is 0.469. The van der Waals surface area contributed by atoms with Crippen molar-refractivity contribution in [1.82, 2.24) is 20.9 Å². The molecule has 0 unspecified atom stereocenters. The van der Waals surface area contributed by atoms with Crippen molar-refractivity contribution in [1.29, 1.82) is 0 Å². The number of rotatable bonds is 6. The Labute approximate surface area is 183 Å². The van der Waals surface area contributed by atoms with E-state index < -0.39 is 0 Å². The van der Waals surface area contributed by atoms with E-state index in [0.29, 0.717) is 41.2 Å². The Balaban J connectivity index is 0.00000338. The molecular weight excluding hydrogens is 508 g/mol. The van der Waals surface area contributed by atoms with Gasteiger partial charge in [-0.2, -0.15) is 0 Å². The second kappa shape index (κ2) is 11.6. The van der Waals surface area contributed by atoms with Crippen LogP contribution in [0.5, 0.6) is 0 Å². The second-order valence-electron chi connectivity index (χ2n) is 5.10. The van der Waals surface area contributed by atoms with E-state index in [2.05, 4.69) is 25.9 Å². The summed E-state index contributed by atoms with van der Waals surface area (Å²) in [6.45, 7) is 3.60. The fourth-order valence-electron chi connectivity index (χ4n) is 1.96. The molecule has 1 aromatic heterocycles. The van der Waals surface area contributed by atoms with Crippen LogP contribution in [0.4, 0.5) is 0 Å². The summed E-state index contributed by atoms with van der Waals surface area (Å²) in [4.78, 5) is 21.6. The lowest BCUT2D eigenvalue weighted by molar-refractivity contribution is 0.0954. The van der Waals surface area contributed by atoms with Crippen LogP contribution in [0.2, 0.25) is 10.0 Å². The number of hydrogen-bond donors (Lipinski definition) is 3. The summed E-state index contributed by atoms with van der Waals surface area (Å²) < 4.78 is 0. The fraction of sp³-hybridized carbons (Fsp3) is 0.312. The quantitative estimate of drug-likeness (QED) is 0.232. The highest BCUT2D eigenvalue weighted by molar-refractivity contribution is 14.0. The minimum Gasteiger partial charge on any atom is -0.355 e. The molecule has 26 heavy (non-hydrogen) atoms. The standard InChI is InChI=1S/C16H19Cl2N5OS.HI/c1-10-8-22-14(25-10)9-23-16(19-2)21-6-5-20-15(24)11-3-4-12(17)13(18)7-11;/h3-4,7-8H,5-6,9H2,1-2H3,(H,20,24)(H2,19,21,23);1H. The molecule has 0 atom stereocenters. The zero-order valence-corrected chi connectivity index (χ0v) is 19.0. The molecule has 0 fully saturated rings. The van der Waals surface area contributed by atoms with E-state index in [9.17, 15) is 4.79 Å². The average Bonchev–Trinajstić information content (AvgIpc) is 3.01. The van der Waals surface area contributed by atoms with Gasteiger partial charge in [0.15, 0.2) is 5.96 Å². The van der Waals surface area contributed by atoms with Gasteiger partial charge in [0.05, 0.1) is 16.6 Å². The molecule has 0 spiro atoms. The van der Waals surface area contributed by atoms with Gasteiger partial charge in [-0.05, 0) is 25.1 Å². The summed E-state index contributed by atoms with van der Waals surface area (Å²) in [5, 5.41) is 10.9. The molecule has 0 aliphatic rings. The minimum atomic E-state index is -0.207. The highest BCUT2D eigenvalue weighted by atomic mass is 127. The van der Waals surface area contributed by atoms with E-state index in [1.165, 1.54) is 4.88 Å². The maximum atomic E-state index is 12.0. The smallest absolute Gasteiger partial charge is 0.251 e. The lowest BCUT2D eigenvalue weighted by Gasteiger charge is -2.11. The third kappa shape index (κ3) is 7.26. The van der Waals surface area contributed by atoms with Gasteiger partial charge >= 0.3 is 0 Å². The third-order valence-corrected chi connectivity index (χ3v) is 4.84. The van der Waals surface area contributed by atoms with Gasteiger partial charge in [-0.3, -0.25) is 9.79 Å². The molecule has 2 rings (SSSR count). The molecular formula is C16H20Cl2IN5OS. The number of amides is 1. The summed E-state index contributed by atoms with van der Waals surface area (Å²) in [6.07, 6.45) is 1.84. The van der Waals surface area contributed by atoms with Gasteiger partial charge in [0.1, 0.15) is 5.01 Å². The van der Waals surface area contributed by atoms with Crippen LogP contribution >= 0.6 is 58.5 Å². The number of nitrogens with one attached hydrogen (secondary N) is 3. The predicted molar refractivity (Wildman–Crippen MR) is 119 cm³/mol. The van der Waals surface area contributed by atoms with Crippen LogP contribution in [-0.4, -0.2) is 37.0 Å². The van der Waals surface area contributed by atoms with Crippen LogP contribution in [0, 0.1) is 6.92 Å². The Morgan fingerprint density at radius 3 is 2.54 bits per heavy atom. The highest BCUT2D eigenvalue weighted by Gasteiger charge is 2.07. The van der Waals surface area contributed by atoms with E-state index in [0.717, 1.165) is 5.01 Å². The zero-order valence-electron chi connectivity index (χ0n) is 14.3. The number of hydrogen-bond acceptors (Lipinski definition) is 4. The van der Waals surface area contributed by atoms with Crippen LogP contribution in [0.15, 0.2) is 29.4 Å². The maximum Gasteiger partial charge on any atom is 0.251 e. The highest BCUT2D eigenvalue weighted by Crippen LogP contribution is 2.22. The molecule has 1 heterocycles. The molecule has 2 aromatic rings. The van der Waals surface area contributed by atoms with E-state index in [1.807, 2.05) is 13.1 Å². The Morgan fingerprint density at radius 1 is 1.19 bits per heavy atom. The molecule has 0 saturated carbocycles. The van der Waals surface area contributed by atoms with E-state index in [-0.39, 0.29) is 29.9 Å². The number of carbonyl (C=O) groups excluding carboxylic acids is 1. The monoisotopic (exact) mass is 527 g/mol. The predicted octanol–water partition coefficient (Wildman–Crippen LogP) is 3.47. The minimum absolute atomic E-state index is 0. The number of thiazole rings is 1. The normalized spacial score (nSPS) is 10.8. The SMILES string of the molecule is CN=C(NCCNC(=O)c1ccc(Cl)c(Cl)c1)NCc1ncc(C)s1.I. The maximum absolute atomic E-state index is 12.0. The zero-order chi connectivity index (χ0) is 18.2. The number of carbonyl (C=O) groups is 1. The third-order valence-electron chi connectivity index (χ3n) is 3.18. The van der Waals surface area contributed by atoms with Crippen molar-refractivity contribution in [3.05, 3.63) is 49.9 Å². The number of halogens is 3. The Hall–Kier alpha value is -1.10. The second-order valence-corrected chi connectivity index (χ2v) is 7.24. The Morgan fingerprint density at radius 2 is 1.92 bits per heavy atom. The molecule has 6 nitrogen and oxygen atoms in total. The molecule has 3 N–H and O–H groups in total. The summed E-state index contributed by atoms with van der Waals surface area (Å²) >= 11 is 13.4. The molecule has 0 saturated heterocycles. The first-order valence-corrected chi connectivity index (χ1v) is 9.16. The largest absolute Gasteiger partial charge is 0.355 e. The summed E-state index contributed by atoms with van der Waals surface area (Å²) in [7, 11) is 1.69. The summed E-state index contributed by atoms with van der Waals surface area (Å²) in [5.74, 6) is 0.443. The van der Waals surface area contributed by atoms with Crippen molar-refractivity contribution < 1.29 is 4.79 Å². The number of guanidine groups is 1. The van der Waals surface area contributed by atoms with Crippen molar-refractivity contribution in [3.63, 3.8) is 0 Å². The van der Waals surface area contributed by atoms with Crippen molar-refractivity contribution >= 4 is 70.4 Å². The number of aryl methyl sites for hydroxylation is 1. The Kier molecular flexibility index (Phi) is 10.2. The van der Waals surface area contributed by atoms with Gasteiger partial charge in [0, 0.05) is 36.8 Å². The summed E-state index contributed by atoms with van der Waals surface area (Å²) in [6, 6.07) is 4.78. The van der Waals surface area contributed by atoms with E-state index >= 15 is 0 Å². The van der Waals surface area contributed by atoms with Gasteiger partial charge < -0.3 is 16.0 Å². The molecule has 1 amide bonds. The average molecular weight is 528 g/mol. The molecule has 0 aliphatic heterocycles. The van der Waals surface area contributed by atoms with Crippen molar-refractivity contribution in [2.75, 3.05) is 20.1 Å². The Bertz CT molecular complexity index is 769. The van der Waals surface area contributed by atoms with Crippen LogP contribution in [0.1, 0.15) is 20.2 Å². The molecule has 142 valence electrons. The molecule has 0 radical (unpaired) electrons. The molecule has 0 bridgehead atoms. The van der Waals surface area contributed by atoms with E-state index in [4.69, 9.17) is 23.2 Å². The van der Waals surface area contributed by atoms with Crippen molar-refractivity contribution in [3.8, 4) is 0 Å². The van der Waals surface area contributed by atoms with E-state index in [1.54, 1.807) is 36.6 Å². The molecule has 0 aliphatic carbocycles. The molecule has 1 aromatic carbocycles. The van der Waals surface area contributed by atoms with Crippen LogP contribution in [-0.2, 0) is 6.54 Å². The van der Waals surface area contributed by atoms with Crippen LogP contribution in [0.25, 0.3) is 0 Å². The first kappa shape index (κ1) is 22.9. The number of aromatic nitrogens is 1. The van der Waals surface area contributed by atoms with Gasteiger partial charge in [0.2, 0.25) is 0 Å². The van der Waals surface area contributed by atoms with Crippen LogP contribution in [0.3, 0.4) is 0 Å². The van der Waals surface area contributed by atoms with Gasteiger partial charge in [-0.15, -0.1) is 35.3 Å². The van der Waals surface area contributed by atoms with Crippen LogP contribution < -0.4 is 16.0 Å². The van der Waals surface area contributed by atoms with Crippen molar-refractivity contribution in [2.24, 2.45) is 4.99 Å². The first-order chi connectivity index (χ1) is 12.0. The lowest BCUT2D eigenvalue weighted by atomic mass is 10.2. The lowest BCUT2D eigenvalue weighted by Crippen LogP contribution is -2.41.